The van der Waals surface area contributed by atoms with Crippen molar-refractivity contribution >= 4 is 34.2 Å². The third kappa shape index (κ3) is 4.01. The summed E-state index contributed by atoms with van der Waals surface area (Å²) in [5.41, 5.74) is 4.85. The second-order valence-corrected chi connectivity index (χ2v) is 6.39. The smallest absolute Gasteiger partial charge is 0.121 e. The van der Waals surface area contributed by atoms with E-state index in [2.05, 4.69) is 71.8 Å². The Labute approximate surface area is 159 Å². The normalized spacial score (nSPS) is 10.8. The molecule has 0 bridgehead atoms. The molecule has 26 heavy (non-hydrogen) atoms. The van der Waals surface area contributed by atoms with Crippen LogP contribution in [-0.4, -0.2) is 18.1 Å². The summed E-state index contributed by atoms with van der Waals surface area (Å²) < 4.78 is 5.89. The molecule has 0 radical (unpaired) electrons. The number of aromatic amines is 1. The van der Waals surface area contributed by atoms with E-state index in [1.165, 1.54) is 27.4 Å². The maximum Gasteiger partial charge on any atom is 0.121 e. The predicted octanol–water partition coefficient (Wildman–Crippen LogP) is 5.22. The number of halogens is 1. The maximum atomic E-state index is 5.89. The Balaban J connectivity index is 0.00000196. The van der Waals surface area contributed by atoms with Crippen molar-refractivity contribution in [2.75, 3.05) is 13.2 Å². The first-order valence-electron chi connectivity index (χ1n) is 8.69. The van der Waals surface area contributed by atoms with Gasteiger partial charge >= 0.3 is 0 Å². The number of H-pyrrole nitrogens is 1. The lowest BCUT2D eigenvalue weighted by atomic mass is 10.1. The number of aromatic nitrogens is 1. The average molecular weight is 367 g/mol. The lowest BCUT2D eigenvalue weighted by molar-refractivity contribution is 0.314. The van der Waals surface area contributed by atoms with Crippen molar-refractivity contribution < 1.29 is 4.74 Å². The number of ether oxygens (including phenoxy) is 1. The molecule has 3 nitrogen and oxygen atoms in total. The highest BCUT2D eigenvalue weighted by Gasteiger charge is 2.05. The van der Waals surface area contributed by atoms with Gasteiger partial charge in [-0.25, -0.2) is 0 Å². The summed E-state index contributed by atoms with van der Waals surface area (Å²) in [4.78, 5) is 3.49. The second kappa shape index (κ2) is 8.26. The van der Waals surface area contributed by atoms with Crippen LogP contribution in [0, 0.1) is 6.92 Å². The third-order valence-electron chi connectivity index (χ3n) is 4.45. The van der Waals surface area contributed by atoms with E-state index in [4.69, 9.17) is 4.74 Å². The first kappa shape index (κ1) is 18.3. The minimum Gasteiger partial charge on any atom is -0.492 e. The summed E-state index contributed by atoms with van der Waals surface area (Å²) in [6, 6.07) is 23.2. The molecule has 0 spiro atoms. The van der Waals surface area contributed by atoms with E-state index in [-0.39, 0.29) is 12.4 Å². The van der Waals surface area contributed by atoms with Crippen LogP contribution in [0.4, 0.5) is 0 Å². The van der Waals surface area contributed by atoms with Crippen molar-refractivity contribution in [3.63, 3.8) is 0 Å². The van der Waals surface area contributed by atoms with Gasteiger partial charge in [0.05, 0.1) is 5.52 Å². The minimum atomic E-state index is 0. The Hall–Kier alpha value is -2.49. The quantitative estimate of drug-likeness (QED) is 0.459. The SMILES string of the molecule is Cc1ccc2c(c1)[nH]c1cc(OCCNCc3ccccc3)ccc12.Cl. The maximum absolute atomic E-state index is 5.89. The van der Waals surface area contributed by atoms with Crippen LogP contribution in [0.3, 0.4) is 0 Å². The van der Waals surface area contributed by atoms with Gasteiger partial charge in [0.25, 0.3) is 0 Å². The zero-order valence-corrected chi connectivity index (χ0v) is 15.6. The molecule has 0 aliphatic rings. The molecule has 2 N–H and O–H groups in total. The van der Waals surface area contributed by atoms with E-state index in [0.29, 0.717) is 6.61 Å². The van der Waals surface area contributed by atoms with Crippen LogP contribution in [0.5, 0.6) is 5.75 Å². The van der Waals surface area contributed by atoms with Crippen LogP contribution in [0.2, 0.25) is 0 Å². The molecule has 4 aromatic rings. The molecule has 1 aromatic heterocycles. The molecule has 0 aliphatic carbocycles. The molecule has 0 fully saturated rings. The highest BCUT2D eigenvalue weighted by Crippen LogP contribution is 2.28. The summed E-state index contributed by atoms with van der Waals surface area (Å²) in [5, 5.41) is 5.91. The monoisotopic (exact) mass is 366 g/mol. The van der Waals surface area contributed by atoms with Crippen molar-refractivity contribution in [1.82, 2.24) is 10.3 Å². The molecule has 1 heterocycles. The van der Waals surface area contributed by atoms with Gasteiger partial charge in [0, 0.05) is 35.4 Å². The highest BCUT2D eigenvalue weighted by molar-refractivity contribution is 6.07. The molecule has 4 rings (SSSR count). The molecule has 0 aliphatic heterocycles. The molecule has 0 saturated heterocycles. The number of rotatable bonds is 6. The van der Waals surface area contributed by atoms with Gasteiger partial charge in [0.2, 0.25) is 0 Å². The first-order chi connectivity index (χ1) is 12.3. The molecule has 0 atom stereocenters. The predicted molar refractivity (Wildman–Crippen MR) is 111 cm³/mol. The Morgan fingerprint density at radius 1 is 0.885 bits per heavy atom. The van der Waals surface area contributed by atoms with Crippen molar-refractivity contribution in [3.8, 4) is 5.75 Å². The Morgan fingerprint density at radius 2 is 1.62 bits per heavy atom. The van der Waals surface area contributed by atoms with Crippen LogP contribution in [-0.2, 0) is 6.54 Å². The average Bonchev–Trinajstić information content (AvgIpc) is 2.98. The number of benzene rings is 3. The summed E-state index contributed by atoms with van der Waals surface area (Å²) in [5.74, 6) is 0.900. The van der Waals surface area contributed by atoms with Crippen molar-refractivity contribution in [2.24, 2.45) is 0 Å². The molecular formula is C22H23ClN2O. The van der Waals surface area contributed by atoms with Gasteiger partial charge in [-0.05, 0) is 36.2 Å². The Morgan fingerprint density at radius 3 is 2.42 bits per heavy atom. The van der Waals surface area contributed by atoms with Gasteiger partial charge in [0.1, 0.15) is 12.4 Å². The summed E-state index contributed by atoms with van der Waals surface area (Å²) >= 11 is 0. The van der Waals surface area contributed by atoms with Gasteiger partial charge in [-0.3, -0.25) is 0 Å². The number of nitrogens with one attached hydrogen (secondary N) is 2. The number of hydrogen-bond acceptors (Lipinski definition) is 2. The molecular weight excluding hydrogens is 344 g/mol. The standard InChI is InChI=1S/C22H22N2O.ClH/c1-16-7-9-19-20-10-8-18(14-22(20)24-21(19)13-16)25-12-11-23-15-17-5-3-2-4-6-17;/h2-10,13-14,23-24H,11-12,15H2,1H3;1H. The fraction of sp³-hybridized carbons (Fsp3) is 0.182. The zero-order valence-electron chi connectivity index (χ0n) is 14.8. The van der Waals surface area contributed by atoms with Crippen LogP contribution >= 0.6 is 12.4 Å². The fourth-order valence-corrected chi connectivity index (χ4v) is 3.16. The molecule has 134 valence electrons. The molecule has 0 amide bonds. The largest absolute Gasteiger partial charge is 0.492 e. The van der Waals surface area contributed by atoms with E-state index >= 15 is 0 Å². The first-order valence-corrected chi connectivity index (χ1v) is 8.69. The summed E-state index contributed by atoms with van der Waals surface area (Å²) in [6.45, 7) is 4.45. The van der Waals surface area contributed by atoms with Gasteiger partial charge in [-0.15, -0.1) is 12.4 Å². The lowest BCUT2D eigenvalue weighted by Gasteiger charge is -2.08. The summed E-state index contributed by atoms with van der Waals surface area (Å²) in [6.07, 6.45) is 0. The van der Waals surface area contributed by atoms with E-state index < -0.39 is 0 Å². The zero-order chi connectivity index (χ0) is 17.1. The number of hydrogen-bond donors (Lipinski definition) is 2. The van der Waals surface area contributed by atoms with Crippen molar-refractivity contribution in [2.45, 2.75) is 13.5 Å². The van der Waals surface area contributed by atoms with E-state index in [0.717, 1.165) is 24.4 Å². The number of fused-ring (bicyclic) bond motifs is 3. The van der Waals surface area contributed by atoms with Gasteiger partial charge in [-0.1, -0.05) is 42.5 Å². The minimum absolute atomic E-state index is 0. The number of aryl methyl sites for hydroxylation is 1. The third-order valence-corrected chi connectivity index (χ3v) is 4.45. The second-order valence-electron chi connectivity index (χ2n) is 6.39. The van der Waals surface area contributed by atoms with Gasteiger partial charge in [0.15, 0.2) is 0 Å². The molecule has 3 aromatic carbocycles. The molecule has 0 saturated carbocycles. The van der Waals surface area contributed by atoms with Crippen LogP contribution < -0.4 is 10.1 Å². The summed E-state index contributed by atoms with van der Waals surface area (Å²) in [7, 11) is 0. The van der Waals surface area contributed by atoms with Crippen molar-refractivity contribution in [3.05, 3.63) is 77.9 Å². The van der Waals surface area contributed by atoms with E-state index in [9.17, 15) is 0 Å². The fourth-order valence-electron chi connectivity index (χ4n) is 3.16. The van der Waals surface area contributed by atoms with Gasteiger partial charge < -0.3 is 15.0 Å². The molecule has 0 unspecified atom stereocenters. The lowest BCUT2D eigenvalue weighted by Crippen LogP contribution is -2.20. The van der Waals surface area contributed by atoms with Crippen LogP contribution in [0.15, 0.2) is 66.7 Å². The Bertz CT molecular complexity index is 995. The topological polar surface area (TPSA) is 37.0 Å². The highest BCUT2D eigenvalue weighted by atomic mass is 35.5. The van der Waals surface area contributed by atoms with E-state index in [1.54, 1.807) is 0 Å². The van der Waals surface area contributed by atoms with Crippen LogP contribution in [0.1, 0.15) is 11.1 Å². The van der Waals surface area contributed by atoms with Crippen molar-refractivity contribution in [1.29, 1.82) is 0 Å². The van der Waals surface area contributed by atoms with Crippen LogP contribution in [0.25, 0.3) is 21.8 Å². The molecule has 4 heteroatoms. The van der Waals surface area contributed by atoms with E-state index in [1.807, 2.05) is 12.1 Å². The Kier molecular flexibility index (Phi) is 5.82. The van der Waals surface area contributed by atoms with Gasteiger partial charge in [-0.2, -0.15) is 0 Å².